The molecule has 7 heteroatoms. The molecule has 7 nitrogen and oxygen atoms in total. The second-order valence-corrected chi connectivity index (χ2v) is 7.96. The Bertz CT molecular complexity index is 1070. The van der Waals surface area contributed by atoms with Gasteiger partial charge in [-0.2, -0.15) is 0 Å². The van der Waals surface area contributed by atoms with E-state index < -0.39 is 0 Å². The number of amides is 1. The van der Waals surface area contributed by atoms with E-state index >= 15 is 0 Å². The third kappa shape index (κ3) is 5.10. The standard InChI is InChI=1S/C25H30N4O3/c1-31-21-16-19-20(17-22(21)32-2)27-23(12-11-18-8-4-3-5-9-18)28-25(19)26-13-7-15-29-14-6-10-24(29)30/h3-5,8-9,16-17H,6-7,10-15H2,1-2H3,(H,26,27,28). The quantitative estimate of drug-likeness (QED) is 0.489. The van der Waals surface area contributed by atoms with Crippen molar-refractivity contribution in [3.8, 4) is 11.5 Å². The molecule has 1 fully saturated rings. The summed E-state index contributed by atoms with van der Waals surface area (Å²) in [5, 5.41) is 4.36. The van der Waals surface area contributed by atoms with Crippen LogP contribution in [0.5, 0.6) is 11.5 Å². The van der Waals surface area contributed by atoms with Gasteiger partial charge in [-0.05, 0) is 30.9 Å². The van der Waals surface area contributed by atoms with E-state index in [4.69, 9.17) is 19.4 Å². The van der Waals surface area contributed by atoms with Gasteiger partial charge in [0.05, 0.1) is 19.7 Å². The van der Waals surface area contributed by atoms with Crippen molar-refractivity contribution >= 4 is 22.6 Å². The first kappa shape index (κ1) is 21.9. The van der Waals surface area contributed by atoms with Gasteiger partial charge in [-0.15, -0.1) is 0 Å². The summed E-state index contributed by atoms with van der Waals surface area (Å²) in [5.74, 6) is 3.12. The third-order valence-corrected chi connectivity index (χ3v) is 5.80. The minimum absolute atomic E-state index is 0.262. The number of likely N-dealkylation sites (tertiary alicyclic amines) is 1. The van der Waals surface area contributed by atoms with Gasteiger partial charge in [0.2, 0.25) is 5.91 Å². The molecule has 0 aliphatic carbocycles. The van der Waals surface area contributed by atoms with Crippen LogP contribution in [-0.2, 0) is 17.6 Å². The Morgan fingerprint density at radius 1 is 1.03 bits per heavy atom. The van der Waals surface area contributed by atoms with Gasteiger partial charge in [-0.3, -0.25) is 4.79 Å². The Morgan fingerprint density at radius 3 is 2.53 bits per heavy atom. The molecule has 0 bridgehead atoms. The fourth-order valence-corrected chi connectivity index (χ4v) is 4.07. The molecule has 0 saturated carbocycles. The maximum Gasteiger partial charge on any atom is 0.222 e. The van der Waals surface area contributed by atoms with E-state index in [1.54, 1.807) is 14.2 Å². The number of nitrogens with one attached hydrogen (secondary N) is 1. The number of carbonyl (C=O) groups is 1. The van der Waals surface area contributed by atoms with Crippen molar-refractivity contribution in [1.82, 2.24) is 14.9 Å². The number of nitrogens with zero attached hydrogens (tertiary/aromatic N) is 3. The first-order valence-corrected chi connectivity index (χ1v) is 11.2. The number of aromatic nitrogens is 2. The first-order chi connectivity index (χ1) is 15.7. The monoisotopic (exact) mass is 434 g/mol. The van der Waals surface area contributed by atoms with Crippen molar-refractivity contribution in [2.45, 2.75) is 32.1 Å². The molecule has 2 heterocycles. The largest absolute Gasteiger partial charge is 0.493 e. The number of hydrogen-bond acceptors (Lipinski definition) is 6. The zero-order chi connectivity index (χ0) is 22.3. The topological polar surface area (TPSA) is 76.6 Å². The van der Waals surface area contributed by atoms with Crippen molar-refractivity contribution in [2.24, 2.45) is 0 Å². The number of rotatable bonds is 10. The van der Waals surface area contributed by atoms with Crippen molar-refractivity contribution in [1.29, 1.82) is 0 Å². The second kappa shape index (κ2) is 10.3. The summed E-state index contributed by atoms with van der Waals surface area (Å²) in [6.45, 7) is 2.37. The normalized spacial score (nSPS) is 13.6. The summed E-state index contributed by atoms with van der Waals surface area (Å²) in [6.07, 6.45) is 4.12. The summed E-state index contributed by atoms with van der Waals surface area (Å²) < 4.78 is 11.0. The van der Waals surface area contributed by atoms with Crippen LogP contribution in [0.1, 0.15) is 30.7 Å². The summed E-state index contributed by atoms with van der Waals surface area (Å²) in [5.41, 5.74) is 2.08. The van der Waals surface area contributed by atoms with Crippen LogP contribution in [0.3, 0.4) is 0 Å². The van der Waals surface area contributed by atoms with Crippen LogP contribution in [0.4, 0.5) is 5.82 Å². The molecule has 1 aliphatic heterocycles. The lowest BCUT2D eigenvalue weighted by molar-refractivity contribution is -0.127. The van der Waals surface area contributed by atoms with E-state index in [1.807, 2.05) is 35.2 Å². The van der Waals surface area contributed by atoms with Crippen molar-refractivity contribution in [3.05, 3.63) is 53.9 Å². The highest BCUT2D eigenvalue weighted by Crippen LogP contribution is 2.34. The molecule has 1 amide bonds. The number of aryl methyl sites for hydroxylation is 2. The number of carbonyl (C=O) groups excluding carboxylic acids is 1. The molecular weight excluding hydrogens is 404 g/mol. The predicted octanol–water partition coefficient (Wildman–Crippen LogP) is 3.86. The summed E-state index contributed by atoms with van der Waals surface area (Å²) in [4.78, 5) is 23.4. The van der Waals surface area contributed by atoms with Crippen LogP contribution < -0.4 is 14.8 Å². The average molecular weight is 435 g/mol. The van der Waals surface area contributed by atoms with E-state index in [-0.39, 0.29) is 5.91 Å². The van der Waals surface area contributed by atoms with Gasteiger partial charge < -0.3 is 19.7 Å². The third-order valence-electron chi connectivity index (χ3n) is 5.80. The van der Waals surface area contributed by atoms with Gasteiger partial charge in [0.15, 0.2) is 11.5 Å². The van der Waals surface area contributed by atoms with Crippen LogP contribution in [0, 0.1) is 0 Å². The number of hydrogen-bond donors (Lipinski definition) is 1. The number of benzene rings is 2. The molecule has 32 heavy (non-hydrogen) atoms. The van der Waals surface area contributed by atoms with Crippen LogP contribution in [-0.4, -0.2) is 54.6 Å². The van der Waals surface area contributed by atoms with Gasteiger partial charge in [-0.1, -0.05) is 30.3 Å². The zero-order valence-corrected chi connectivity index (χ0v) is 18.8. The Balaban J connectivity index is 1.54. The first-order valence-electron chi connectivity index (χ1n) is 11.2. The highest BCUT2D eigenvalue weighted by atomic mass is 16.5. The number of ether oxygens (including phenoxy) is 2. The van der Waals surface area contributed by atoms with E-state index in [2.05, 4.69) is 17.4 Å². The Labute approximate surface area is 188 Å². The molecule has 2 aromatic carbocycles. The molecular formula is C25H30N4O3. The van der Waals surface area contributed by atoms with Gasteiger partial charge in [0, 0.05) is 43.9 Å². The number of fused-ring (bicyclic) bond motifs is 1. The van der Waals surface area contributed by atoms with Gasteiger partial charge in [0.1, 0.15) is 11.6 Å². The van der Waals surface area contributed by atoms with Crippen molar-refractivity contribution in [3.63, 3.8) is 0 Å². The predicted molar refractivity (Wildman–Crippen MR) is 125 cm³/mol. The lowest BCUT2D eigenvalue weighted by atomic mass is 10.1. The van der Waals surface area contributed by atoms with E-state index in [1.165, 1.54) is 5.56 Å². The lowest BCUT2D eigenvalue weighted by Crippen LogP contribution is -2.27. The molecule has 1 aromatic heterocycles. The molecule has 0 atom stereocenters. The Hall–Kier alpha value is -3.35. The number of anilines is 1. The lowest BCUT2D eigenvalue weighted by Gasteiger charge is -2.17. The molecule has 0 radical (unpaired) electrons. The number of methoxy groups -OCH3 is 2. The van der Waals surface area contributed by atoms with Crippen molar-refractivity contribution in [2.75, 3.05) is 39.2 Å². The van der Waals surface area contributed by atoms with Crippen LogP contribution in [0.2, 0.25) is 0 Å². The molecule has 0 spiro atoms. The SMILES string of the molecule is COc1cc2nc(CCc3ccccc3)nc(NCCCN3CCCC3=O)c2cc1OC. The maximum absolute atomic E-state index is 11.8. The van der Waals surface area contributed by atoms with E-state index in [9.17, 15) is 4.79 Å². The maximum atomic E-state index is 11.8. The summed E-state index contributed by atoms with van der Waals surface area (Å²) in [6, 6.07) is 14.2. The molecule has 168 valence electrons. The van der Waals surface area contributed by atoms with Gasteiger partial charge >= 0.3 is 0 Å². The smallest absolute Gasteiger partial charge is 0.222 e. The fraction of sp³-hybridized carbons (Fsp3) is 0.400. The zero-order valence-electron chi connectivity index (χ0n) is 18.8. The molecule has 0 unspecified atom stereocenters. The molecule has 1 saturated heterocycles. The van der Waals surface area contributed by atoms with Crippen LogP contribution in [0.15, 0.2) is 42.5 Å². The fourth-order valence-electron chi connectivity index (χ4n) is 4.07. The second-order valence-electron chi connectivity index (χ2n) is 7.96. The van der Waals surface area contributed by atoms with Crippen LogP contribution in [0.25, 0.3) is 10.9 Å². The highest BCUT2D eigenvalue weighted by Gasteiger charge is 2.19. The van der Waals surface area contributed by atoms with Gasteiger partial charge in [-0.25, -0.2) is 9.97 Å². The molecule has 1 aliphatic rings. The molecule has 3 aromatic rings. The Kier molecular flexibility index (Phi) is 7.04. The van der Waals surface area contributed by atoms with Crippen molar-refractivity contribution < 1.29 is 14.3 Å². The van der Waals surface area contributed by atoms with Crippen LogP contribution >= 0.6 is 0 Å². The average Bonchev–Trinajstić information content (AvgIpc) is 3.24. The minimum Gasteiger partial charge on any atom is -0.493 e. The van der Waals surface area contributed by atoms with E-state index in [0.717, 1.165) is 67.9 Å². The highest BCUT2D eigenvalue weighted by molar-refractivity contribution is 5.91. The van der Waals surface area contributed by atoms with E-state index in [0.29, 0.717) is 17.9 Å². The molecule has 1 N–H and O–H groups in total. The minimum atomic E-state index is 0.262. The van der Waals surface area contributed by atoms with Gasteiger partial charge in [0.25, 0.3) is 0 Å². The molecule has 4 rings (SSSR count). The summed E-state index contributed by atoms with van der Waals surface area (Å²) >= 11 is 0. The Morgan fingerprint density at radius 2 is 1.81 bits per heavy atom. The summed E-state index contributed by atoms with van der Waals surface area (Å²) in [7, 11) is 3.25.